The van der Waals surface area contributed by atoms with Gasteiger partial charge in [-0.15, -0.1) is 0 Å². The van der Waals surface area contributed by atoms with Crippen molar-refractivity contribution in [2.75, 3.05) is 66.2 Å². The molecule has 0 aromatic heterocycles. The van der Waals surface area contributed by atoms with Crippen LogP contribution in [0.25, 0.3) is 41.8 Å². The van der Waals surface area contributed by atoms with E-state index in [0.717, 1.165) is 28.7 Å². The zero-order valence-corrected chi connectivity index (χ0v) is 85.0. The molecule has 146 heavy (non-hydrogen) atoms. The van der Waals surface area contributed by atoms with Crippen LogP contribution in [0.1, 0.15) is 149 Å². The van der Waals surface area contributed by atoms with Crippen molar-refractivity contribution in [2.24, 2.45) is 64.5 Å². The second-order valence-corrected chi connectivity index (χ2v) is 38.1. The van der Waals surface area contributed by atoms with Crippen molar-refractivity contribution in [3.05, 3.63) is 140 Å². The number of nitrogens with two attached hydrogens (primary N) is 3. The minimum atomic E-state index is -4.84. The van der Waals surface area contributed by atoms with Gasteiger partial charge in [0.15, 0.2) is 73.0 Å². The number of alkyl halides is 4. The summed E-state index contributed by atoms with van der Waals surface area (Å²) in [4.78, 5) is 136. The molecule has 0 bridgehead atoms. The van der Waals surface area contributed by atoms with Gasteiger partial charge >= 0.3 is 63.6 Å². The van der Waals surface area contributed by atoms with E-state index in [9.17, 15) is 62.5 Å². The first-order valence-electron chi connectivity index (χ1n) is 45.3. The number of phosphoric ester groups is 1. The number of hydrogen-bond donors (Lipinski definition) is 8. The van der Waals surface area contributed by atoms with E-state index in [2.05, 4.69) is 106 Å². The molecular weight excluding hydrogens is 1990 g/mol. The molecule has 812 valence electrons. The quantitative estimate of drug-likeness (QED) is 0.00410. The number of phosphoric acid groups is 1. The van der Waals surface area contributed by atoms with E-state index in [1.807, 2.05) is 13.8 Å². The van der Waals surface area contributed by atoms with Crippen LogP contribution in [0.4, 0.5) is 27.2 Å². The highest BCUT2D eigenvalue weighted by Gasteiger charge is 2.64. The average Bonchev–Trinajstić information content (AvgIpc) is 1.62. The van der Waals surface area contributed by atoms with Gasteiger partial charge in [-0.2, -0.15) is 0 Å². The lowest BCUT2D eigenvalue weighted by molar-refractivity contribution is -0.180. The summed E-state index contributed by atoms with van der Waals surface area (Å²) in [6.07, 6.45) is -11.8. The third-order valence-electron chi connectivity index (χ3n) is 20.7. The molecule has 0 aliphatic carbocycles. The zero-order valence-electron chi connectivity index (χ0n) is 83.2. The number of carbonyl (C=O) groups excluding carboxylic acids is 9. The molecule has 0 spiro atoms. The van der Waals surface area contributed by atoms with E-state index >= 15 is 17.6 Å². The number of esters is 6. The van der Waals surface area contributed by atoms with Gasteiger partial charge in [-0.1, -0.05) is 101 Å². The molecule has 0 aromatic rings. The van der Waals surface area contributed by atoms with E-state index in [1.165, 1.54) is 66.7 Å². The van der Waals surface area contributed by atoms with Crippen molar-refractivity contribution >= 4 is 87.0 Å². The Bertz CT molecular complexity index is 5090. The molecule has 0 radical (unpaired) electrons. The van der Waals surface area contributed by atoms with Crippen LogP contribution in [-0.4, -0.2) is 300 Å². The fourth-order valence-electron chi connectivity index (χ4n) is 13.5. The number of amides is 1. The Morgan fingerprint density at radius 1 is 0.473 bits per heavy atom. The maximum atomic E-state index is 15.8. The van der Waals surface area contributed by atoms with Crippen LogP contribution >= 0.6 is 15.5 Å². The van der Waals surface area contributed by atoms with Gasteiger partial charge in [-0.3, -0.25) is 42.7 Å². The number of aliphatic imine (C=N–C) groups is 3. The predicted molar refractivity (Wildman–Crippen MR) is 504 cm³/mol. The lowest BCUT2D eigenvalue weighted by Crippen LogP contribution is -2.52. The molecule has 56 nitrogen and oxygen atoms in total. The van der Waals surface area contributed by atoms with Crippen LogP contribution in [0.15, 0.2) is 134 Å². The Hall–Kier alpha value is -12.7. The minimum Gasteiger partial charge on any atom is -0.462 e. The predicted octanol–water partition coefficient (Wildman–Crippen LogP) is 9.81. The van der Waals surface area contributed by atoms with Crippen LogP contribution in [0.5, 0.6) is 0 Å². The average molecular weight is 2120 g/mol. The number of azide groups is 4. The van der Waals surface area contributed by atoms with Gasteiger partial charge in [-0.25, -0.2) is 65.9 Å². The van der Waals surface area contributed by atoms with Crippen LogP contribution in [0.2, 0.25) is 0 Å². The van der Waals surface area contributed by atoms with Gasteiger partial charge in [0.05, 0.1) is 75.6 Å². The normalized spacial score (nSPS) is 26.3. The summed E-state index contributed by atoms with van der Waals surface area (Å²) in [5, 5.41) is 42.8. The van der Waals surface area contributed by atoms with Gasteiger partial charge in [0, 0.05) is 63.4 Å². The second-order valence-electron chi connectivity index (χ2n) is 34.6. The number of nitrogens with zero attached hydrogens (tertiary/aromatic N) is 19. The second kappa shape index (κ2) is 57.4. The summed E-state index contributed by atoms with van der Waals surface area (Å²) >= 11 is 0. The summed E-state index contributed by atoms with van der Waals surface area (Å²) in [5.41, 5.74) is 44.7. The van der Waals surface area contributed by atoms with Crippen LogP contribution in [-0.2, 0) is 127 Å². The molecule has 8 heterocycles. The molecular formula is C84H127F4N25O31P2. The molecule has 8 aliphatic rings. The Labute approximate surface area is 836 Å². The number of halogens is 4. The van der Waals surface area contributed by atoms with Gasteiger partial charge in [0.25, 0.3) is 5.91 Å². The maximum Gasteiger partial charge on any atom is 0.510 e. The van der Waals surface area contributed by atoms with Crippen molar-refractivity contribution in [3.8, 4) is 0 Å². The third kappa shape index (κ3) is 35.9. The van der Waals surface area contributed by atoms with Gasteiger partial charge in [0.1, 0.15) is 89.5 Å². The lowest BCUT2D eigenvalue weighted by atomic mass is 9.96. The molecule has 11 N–H and O–H groups in total. The van der Waals surface area contributed by atoms with Crippen LogP contribution < -0.4 is 32.7 Å². The standard InChI is InChI=1S/C23H37FN7O9P.C21H32FN6O12P.C21H31FN6O5.C19H27FN6O5/c1-12(2)38-21(34)14(5)28-41(36,29-15(6)22(35)39-13(3)4)37-11-23(10-26-30-25)19(33)18(24)20(40-23)31-9-8-17(32)27-16(31)7;1-12(2)38-19(30)33-10-36-41(32,37-11-34-20(31)39-13(3)4)35-9-21(8-25-27-24)17(29)16(22)18(40-21)28-7-6-15(23)26-14(28)5;1-4-6-8-16(29)31-13-21(12-25-27-24)19(32-17(30)9-7-5-2)18(22)20(33-21)28-11-10-15(23)26-14(28)3;1-10(2)17(27)29-9-19(8-23-25-22)15(30-18(28)11(3)4)14(20)16(31-19)26-7-6-13(21)24-12(26)5/h8-9,12-15,18-20,33H,7,10-11H2,1-6H3,(H,27,32)(H2,28,29,36);6-7,12-13,16-18,29H,5,8-11H2,1-4H3,(H2,23,26);10-11,18-20H,3-9,12-13H2,1-2H3,(H2,23,26);6-7,10-11,14-16H,5,8-9H2,1-4H3,(H2,21,24)/t14?,15?,18-,19+,20-,23-,41?;16-,17+,18-,21-;18-,19+,20-,21-;14-,15+,16-,19-/m1111/s1. The third-order valence-corrected chi connectivity index (χ3v) is 24.0. The number of carbonyl (C=O) groups is 9. The molecule has 4 fully saturated rings. The summed E-state index contributed by atoms with van der Waals surface area (Å²) in [5.74, 6) is -4.97. The van der Waals surface area contributed by atoms with E-state index in [1.54, 1.807) is 83.1 Å². The van der Waals surface area contributed by atoms with Crippen molar-refractivity contribution in [1.29, 1.82) is 0 Å². The highest BCUT2D eigenvalue weighted by atomic mass is 31.2. The molecule has 62 heteroatoms. The monoisotopic (exact) mass is 2120 g/mol. The highest BCUT2D eigenvalue weighted by Crippen LogP contribution is 2.53. The number of aliphatic hydroxyl groups is 2. The Morgan fingerprint density at radius 2 is 0.815 bits per heavy atom. The summed E-state index contributed by atoms with van der Waals surface area (Å²) in [6.45, 7) is 33.2. The van der Waals surface area contributed by atoms with Gasteiger partial charge in [0.2, 0.25) is 13.6 Å². The van der Waals surface area contributed by atoms with Crippen LogP contribution in [0, 0.1) is 11.8 Å². The first kappa shape index (κ1) is 124. The Kier molecular flexibility index (Phi) is 48.7. The van der Waals surface area contributed by atoms with Crippen LogP contribution in [0.3, 0.4) is 0 Å². The number of amidine groups is 3. The summed E-state index contributed by atoms with van der Waals surface area (Å²) in [6, 6.07) is -2.45. The van der Waals surface area contributed by atoms with E-state index < -0.39 is 280 Å². The molecule has 18 atom stereocenters. The number of rotatable bonds is 48. The zero-order chi connectivity index (χ0) is 110. The topological polar surface area (TPSA) is 754 Å². The Morgan fingerprint density at radius 3 is 1.18 bits per heavy atom. The van der Waals surface area contributed by atoms with Crippen molar-refractivity contribution in [1.82, 2.24) is 35.1 Å². The highest BCUT2D eigenvalue weighted by molar-refractivity contribution is 7.54. The number of hydrogen-bond acceptors (Lipinski definition) is 45. The number of ether oxygens (including phenoxy) is 14. The van der Waals surface area contributed by atoms with Crippen molar-refractivity contribution in [3.63, 3.8) is 0 Å². The van der Waals surface area contributed by atoms with Crippen molar-refractivity contribution < 1.29 is 164 Å². The minimum absolute atomic E-state index is 0.0291. The van der Waals surface area contributed by atoms with Crippen molar-refractivity contribution in [2.45, 2.75) is 282 Å². The van der Waals surface area contributed by atoms with Gasteiger partial charge < -0.3 is 123 Å². The Balaban J connectivity index is 0.000000345. The summed E-state index contributed by atoms with van der Waals surface area (Å²) < 4.78 is 184. The first-order chi connectivity index (χ1) is 68.5. The first-order valence-corrected chi connectivity index (χ1v) is 48.4. The fraction of sp³-hybridized carbons (Fsp3) is 0.667. The largest absolute Gasteiger partial charge is 0.510 e. The molecule has 8 rings (SSSR count). The molecule has 0 saturated carbocycles. The van der Waals surface area contributed by atoms with E-state index in [4.69, 9.17) is 114 Å². The number of aliphatic hydroxyl groups excluding tert-OH is 2. The number of nitrogens with one attached hydrogen (secondary N) is 3. The lowest BCUT2D eigenvalue weighted by Gasteiger charge is -2.35. The summed E-state index contributed by atoms with van der Waals surface area (Å²) in [7, 11) is -9.27. The SMILES string of the molecule is C=C1N=C(N)C=CN1[C@@H]1O[C@](CN=[N+]=[N-])(COC(=O)C(C)C)[C@@H](OC(=O)C(C)C)[C@H]1F.C=C1N=C(N)C=CN1[C@@H]1O[C@](CN=[N+]=[N-])(COC(=O)CCCC)[C@@H](OC(=O)CCCC)[C@H]1F.C=C1N=C(N)C=CN1[C@@H]1O[C@](CN=[N+]=[N-])(COP(=O)(OCOC(=O)OC(C)C)OCOC(=O)OC(C)C)[C@@H](O)[C@H]1F.C=C1NC(=O)C=CN1[C@@H]1O[C@](CN=[N+]=[N-])(COP(=O)(NC(C)C(=O)OC(C)C)NC(C)C(=O)OC(C)C)[C@@H](O)[C@H]1F. The van der Waals surface area contributed by atoms with Gasteiger partial charge in [-0.05, 0) is 122 Å². The molecule has 0 aromatic carbocycles. The molecule has 8 aliphatic heterocycles. The maximum absolute atomic E-state index is 15.8. The van der Waals surface area contributed by atoms with E-state index in [-0.39, 0.29) is 53.6 Å². The van der Waals surface area contributed by atoms with E-state index in [0.29, 0.717) is 12.8 Å². The fourth-order valence-corrected chi connectivity index (χ4v) is 16.3. The molecule has 2 unspecified atom stereocenters. The molecule has 1 amide bonds. The number of unbranched alkanes of at least 4 members (excludes halogenated alkanes) is 2. The smallest absolute Gasteiger partial charge is 0.462 e. The molecule has 4 saturated heterocycles.